The molecule has 1 aromatic carbocycles. The number of nitrogens with one attached hydrogen (secondary N) is 1. The quantitative estimate of drug-likeness (QED) is 0.597. The number of ether oxygens (including phenoxy) is 1. The zero-order chi connectivity index (χ0) is 16.7. The van der Waals surface area contributed by atoms with Crippen LogP contribution < -0.4 is 5.32 Å². The largest absolute Gasteiger partial charge is 0.354 e. The van der Waals surface area contributed by atoms with E-state index in [0.717, 1.165) is 24.8 Å². The number of unbranched alkanes of at least 4 members (excludes halogenated alkanes) is 1. The van der Waals surface area contributed by atoms with Gasteiger partial charge in [0.2, 0.25) is 0 Å². The van der Waals surface area contributed by atoms with Crippen LogP contribution >= 0.6 is 18.9 Å². The summed E-state index contributed by atoms with van der Waals surface area (Å²) in [5, 5.41) is 4.03. The Labute approximate surface area is 144 Å². The minimum Gasteiger partial charge on any atom is -0.354 e. The van der Waals surface area contributed by atoms with Crippen molar-refractivity contribution in [1.29, 1.82) is 0 Å². The van der Waals surface area contributed by atoms with Gasteiger partial charge in [0, 0.05) is 6.16 Å². The first kappa shape index (κ1) is 17.5. The maximum Gasteiger partial charge on any atom is 0.114 e. The van der Waals surface area contributed by atoms with Gasteiger partial charge in [-0.2, -0.15) is 11.8 Å². The van der Waals surface area contributed by atoms with Crippen molar-refractivity contribution in [3.05, 3.63) is 35.4 Å². The van der Waals surface area contributed by atoms with Crippen LogP contribution in [0.1, 0.15) is 49.1 Å². The smallest absolute Gasteiger partial charge is 0.114 e. The monoisotopic (exact) mass is 353 g/mol. The minimum atomic E-state index is -1.86. The summed E-state index contributed by atoms with van der Waals surface area (Å²) in [7, 11) is -1.86. The van der Waals surface area contributed by atoms with Crippen LogP contribution in [0, 0.1) is 0 Å². The first-order valence-corrected chi connectivity index (χ1v) is 12.3. The van der Waals surface area contributed by atoms with Crippen molar-refractivity contribution in [2.45, 2.75) is 49.8 Å². The third-order valence-electron chi connectivity index (χ3n) is 4.59. The highest BCUT2D eigenvalue weighted by atomic mass is 32.2. The Hall–Kier alpha value is -0.280. The van der Waals surface area contributed by atoms with Crippen molar-refractivity contribution < 1.29 is 9.30 Å². The molecule has 0 aromatic heterocycles. The van der Waals surface area contributed by atoms with Crippen molar-refractivity contribution in [2.75, 3.05) is 25.2 Å². The number of fused-ring (bicyclic) bond motifs is 3. The van der Waals surface area contributed by atoms with Crippen LogP contribution in [0.2, 0.25) is 0 Å². The number of thioether (sulfide) groups is 1. The van der Waals surface area contributed by atoms with E-state index >= 15 is 0 Å². The van der Waals surface area contributed by atoms with Crippen LogP contribution in [0.25, 0.3) is 0 Å². The van der Waals surface area contributed by atoms with E-state index < -0.39 is 7.14 Å². The Morgan fingerprint density at radius 3 is 2.61 bits per heavy atom. The molecule has 3 nitrogen and oxygen atoms in total. The first-order chi connectivity index (χ1) is 10.8. The molecule has 0 radical (unpaired) electrons. The highest BCUT2D eigenvalue weighted by Crippen LogP contribution is 2.52. The van der Waals surface area contributed by atoms with Gasteiger partial charge in [-0.3, -0.25) is 5.32 Å². The van der Waals surface area contributed by atoms with Gasteiger partial charge >= 0.3 is 0 Å². The third-order valence-corrected chi connectivity index (χ3v) is 7.39. The van der Waals surface area contributed by atoms with Crippen molar-refractivity contribution >= 4 is 18.9 Å². The second-order valence-electron chi connectivity index (χ2n) is 7.64. The normalized spacial score (nSPS) is 28.6. The van der Waals surface area contributed by atoms with Crippen LogP contribution in [0.15, 0.2) is 24.3 Å². The molecule has 0 amide bonds. The molecule has 3 atom stereocenters. The van der Waals surface area contributed by atoms with E-state index in [2.05, 4.69) is 43.4 Å². The molecule has 1 N–H and O–H groups in total. The van der Waals surface area contributed by atoms with Gasteiger partial charge in [0.15, 0.2) is 0 Å². The van der Waals surface area contributed by atoms with E-state index in [0.29, 0.717) is 11.3 Å². The van der Waals surface area contributed by atoms with Gasteiger partial charge < -0.3 is 9.30 Å². The van der Waals surface area contributed by atoms with Gasteiger partial charge in [-0.05, 0) is 56.9 Å². The van der Waals surface area contributed by atoms with Crippen LogP contribution in [-0.4, -0.2) is 37.1 Å². The van der Waals surface area contributed by atoms with Crippen molar-refractivity contribution in [3.63, 3.8) is 0 Å². The molecule has 23 heavy (non-hydrogen) atoms. The Morgan fingerprint density at radius 2 is 1.91 bits per heavy atom. The maximum absolute atomic E-state index is 11.8. The third kappa shape index (κ3) is 4.04. The molecule has 128 valence electrons. The van der Waals surface area contributed by atoms with Gasteiger partial charge in [0.1, 0.15) is 5.72 Å². The number of hydrogen-bond acceptors (Lipinski definition) is 4. The molecule has 3 rings (SSSR count). The fourth-order valence-corrected chi connectivity index (χ4v) is 6.02. The van der Waals surface area contributed by atoms with Gasteiger partial charge in [-0.25, -0.2) is 0 Å². The average Bonchev–Trinajstić information content (AvgIpc) is 2.90. The lowest BCUT2D eigenvalue weighted by Crippen LogP contribution is -2.35. The summed E-state index contributed by atoms with van der Waals surface area (Å²) in [6.45, 7) is 7.99. The van der Waals surface area contributed by atoms with Crippen molar-refractivity contribution in [1.82, 2.24) is 5.32 Å². The molecule has 1 aliphatic carbocycles. The molecule has 1 aliphatic heterocycles. The summed E-state index contributed by atoms with van der Waals surface area (Å²) in [5.74, 6) is 1.10. The summed E-state index contributed by atoms with van der Waals surface area (Å²) in [6, 6.07) is 9.04. The zero-order valence-corrected chi connectivity index (χ0v) is 16.3. The Kier molecular flexibility index (Phi) is 5.00. The first-order valence-electron chi connectivity index (χ1n) is 8.47. The number of benzene rings is 1. The fraction of sp³-hybridized carbons (Fsp3) is 0.667. The van der Waals surface area contributed by atoms with Crippen LogP contribution in [-0.2, 0) is 9.30 Å². The van der Waals surface area contributed by atoms with E-state index in [9.17, 15) is 4.57 Å². The highest BCUT2D eigenvalue weighted by molar-refractivity contribution is 7.99. The van der Waals surface area contributed by atoms with Gasteiger partial charge in [-0.1, -0.05) is 24.3 Å². The molecule has 0 bridgehead atoms. The summed E-state index contributed by atoms with van der Waals surface area (Å²) in [5.41, 5.74) is 2.57. The number of rotatable bonds is 6. The topological polar surface area (TPSA) is 38.3 Å². The molecule has 1 saturated heterocycles. The SMILES string of the molecule is CC1(C)N[C@H]2c3ccccc3[C@H](SCCCCP(C)(C)=O)[C@H]2O1. The Bertz CT molecular complexity index is 613. The summed E-state index contributed by atoms with van der Waals surface area (Å²) in [6.07, 6.45) is 3.27. The van der Waals surface area contributed by atoms with Gasteiger partial charge in [-0.15, -0.1) is 0 Å². The lowest BCUT2D eigenvalue weighted by molar-refractivity contribution is -0.0237. The van der Waals surface area contributed by atoms with E-state index in [1.807, 2.05) is 25.1 Å². The molecule has 2 aliphatic rings. The molecular formula is C18H28NO2PS. The predicted molar refractivity (Wildman–Crippen MR) is 100 cm³/mol. The molecule has 1 heterocycles. The summed E-state index contributed by atoms with van der Waals surface area (Å²) >= 11 is 2.00. The molecule has 1 fully saturated rings. The lowest BCUT2D eigenvalue weighted by Gasteiger charge is -2.23. The van der Waals surface area contributed by atoms with Crippen molar-refractivity contribution in [3.8, 4) is 0 Å². The summed E-state index contributed by atoms with van der Waals surface area (Å²) < 4.78 is 18.1. The van der Waals surface area contributed by atoms with E-state index in [-0.39, 0.29) is 11.8 Å². The van der Waals surface area contributed by atoms with Gasteiger partial charge in [0.05, 0.1) is 24.5 Å². The van der Waals surface area contributed by atoms with Crippen molar-refractivity contribution in [2.24, 2.45) is 0 Å². The average molecular weight is 353 g/mol. The standard InChI is InChI=1S/C18H28NO2PS/c1-18(2)19-15-13-9-5-6-10-14(13)17(16(15)21-18)23-12-8-7-11-22(3,4)20/h5-6,9-10,15-17,19H,7-8,11-12H2,1-4H3/t15-,16-,17-/m0/s1. The summed E-state index contributed by atoms with van der Waals surface area (Å²) in [4.78, 5) is 0. The fourth-order valence-electron chi connectivity index (χ4n) is 3.61. The van der Waals surface area contributed by atoms with Crippen LogP contribution in [0.3, 0.4) is 0 Å². The molecule has 0 unspecified atom stereocenters. The second-order valence-corrected chi connectivity index (χ2v) is 12.5. The molecular weight excluding hydrogens is 325 g/mol. The number of hydrogen-bond donors (Lipinski definition) is 1. The molecule has 1 aromatic rings. The Balaban J connectivity index is 1.63. The Morgan fingerprint density at radius 1 is 1.22 bits per heavy atom. The second kappa shape index (κ2) is 6.55. The molecule has 0 spiro atoms. The van der Waals surface area contributed by atoms with Crippen LogP contribution in [0.5, 0.6) is 0 Å². The molecule has 5 heteroatoms. The minimum absolute atomic E-state index is 0.218. The molecule has 0 saturated carbocycles. The highest BCUT2D eigenvalue weighted by Gasteiger charge is 2.50. The van der Waals surface area contributed by atoms with Crippen LogP contribution in [0.4, 0.5) is 0 Å². The predicted octanol–water partition coefficient (Wildman–Crippen LogP) is 4.64. The zero-order valence-electron chi connectivity index (χ0n) is 14.5. The van der Waals surface area contributed by atoms with Gasteiger partial charge in [0.25, 0.3) is 0 Å². The van der Waals surface area contributed by atoms with E-state index in [1.165, 1.54) is 11.1 Å². The maximum atomic E-state index is 11.8. The van der Waals surface area contributed by atoms with E-state index in [1.54, 1.807) is 0 Å². The van der Waals surface area contributed by atoms with E-state index in [4.69, 9.17) is 4.74 Å². The lowest BCUT2D eigenvalue weighted by atomic mass is 10.1.